The third kappa shape index (κ3) is 4.31. The number of aliphatic hydroxyl groups excluding tert-OH is 1. The maximum absolute atomic E-state index is 8.80. The summed E-state index contributed by atoms with van der Waals surface area (Å²) in [7, 11) is 0. The zero-order valence-corrected chi connectivity index (χ0v) is 16.4. The van der Waals surface area contributed by atoms with Gasteiger partial charge in [-0.05, 0) is 30.3 Å². The zero-order valence-electron chi connectivity index (χ0n) is 15.7. The van der Waals surface area contributed by atoms with Gasteiger partial charge in [-0.3, -0.25) is 4.90 Å². The maximum atomic E-state index is 8.80. The lowest BCUT2D eigenvalue weighted by Crippen LogP contribution is -2.49. The van der Waals surface area contributed by atoms with Gasteiger partial charge in [0.05, 0.1) is 25.4 Å². The second-order valence-electron chi connectivity index (χ2n) is 6.81. The van der Waals surface area contributed by atoms with Gasteiger partial charge in [0.15, 0.2) is 5.75 Å². The molecule has 2 aromatic rings. The van der Waals surface area contributed by atoms with Gasteiger partial charge in [-0.2, -0.15) is 0 Å². The normalized spacial score (nSPS) is 16.6. The van der Waals surface area contributed by atoms with Gasteiger partial charge in [-0.25, -0.2) is 4.99 Å². The molecule has 2 aromatic carbocycles. The molecule has 0 atom stereocenters. The SMILES string of the molecule is OCCOCCN1CCN(C2=Nc3cc(Cl)ccc3Oc3ccccc32)CC1. The molecule has 4 rings (SSSR count). The quantitative estimate of drug-likeness (QED) is 0.780. The Kier molecular flexibility index (Phi) is 6.12. The lowest BCUT2D eigenvalue weighted by atomic mass is 10.1. The molecule has 148 valence electrons. The molecule has 0 unspecified atom stereocenters. The Morgan fingerprint density at radius 3 is 2.68 bits per heavy atom. The molecule has 0 bridgehead atoms. The minimum Gasteiger partial charge on any atom is -0.454 e. The summed E-state index contributed by atoms with van der Waals surface area (Å²) in [6.07, 6.45) is 0. The Hall–Kier alpha value is -2.12. The fourth-order valence-corrected chi connectivity index (χ4v) is 3.65. The first kappa shape index (κ1) is 19.2. The molecule has 0 aliphatic carbocycles. The Labute approximate surface area is 170 Å². The largest absolute Gasteiger partial charge is 0.454 e. The summed E-state index contributed by atoms with van der Waals surface area (Å²) >= 11 is 6.19. The number of para-hydroxylation sites is 1. The third-order valence-corrected chi connectivity index (χ3v) is 5.19. The Morgan fingerprint density at radius 1 is 1.04 bits per heavy atom. The second-order valence-corrected chi connectivity index (χ2v) is 7.25. The Balaban J connectivity index is 1.53. The van der Waals surface area contributed by atoms with Crippen LogP contribution >= 0.6 is 11.6 Å². The molecule has 1 fully saturated rings. The van der Waals surface area contributed by atoms with Crippen LogP contribution in [0.1, 0.15) is 5.56 Å². The van der Waals surface area contributed by atoms with Gasteiger partial charge in [-0.15, -0.1) is 0 Å². The number of aliphatic imine (C=N–C) groups is 1. The fourth-order valence-electron chi connectivity index (χ4n) is 3.48. The molecular formula is C21H24ClN3O3. The molecule has 1 saturated heterocycles. The minimum absolute atomic E-state index is 0.0700. The highest BCUT2D eigenvalue weighted by molar-refractivity contribution is 6.31. The van der Waals surface area contributed by atoms with Crippen LogP contribution in [0.5, 0.6) is 11.5 Å². The van der Waals surface area contributed by atoms with E-state index in [4.69, 9.17) is 31.2 Å². The summed E-state index contributed by atoms with van der Waals surface area (Å²) < 4.78 is 11.5. The summed E-state index contributed by atoms with van der Waals surface area (Å²) in [6, 6.07) is 13.5. The van der Waals surface area contributed by atoms with E-state index < -0.39 is 0 Å². The van der Waals surface area contributed by atoms with Crippen LogP contribution in [0.15, 0.2) is 47.5 Å². The predicted octanol–water partition coefficient (Wildman–Crippen LogP) is 3.15. The van der Waals surface area contributed by atoms with Crippen molar-refractivity contribution in [3.05, 3.63) is 53.1 Å². The van der Waals surface area contributed by atoms with E-state index in [1.54, 1.807) is 0 Å². The van der Waals surface area contributed by atoms with Crippen molar-refractivity contribution in [2.24, 2.45) is 4.99 Å². The number of fused-ring (bicyclic) bond motifs is 2. The van der Waals surface area contributed by atoms with Gasteiger partial charge >= 0.3 is 0 Å². The lowest BCUT2D eigenvalue weighted by Gasteiger charge is -2.36. The molecule has 28 heavy (non-hydrogen) atoms. The molecule has 0 aromatic heterocycles. The number of amidine groups is 1. The van der Waals surface area contributed by atoms with Crippen LogP contribution in [0.25, 0.3) is 0 Å². The van der Waals surface area contributed by atoms with Crippen molar-refractivity contribution in [2.45, 2.75) is 0 Å². The van der Waals surface area contributed by atoms with Crippen LogP contribution in [0.4, 0.5) is 5.69 Å². The molecule has 0 spiro atoms. The molecule has 2 aliphatic rings. The van der Waals surface area contributed by atoms with Crippen LogP contribution in [0, 0.1) is 0 Å². The summed E-state index contributed by atoms with van der Waals surface area (Å²) in [6.45, 7) is 5.62. The molecular weight excluding hydrogens is 378 g/mol. The number of aliphatic hydroxyl groups is 1. The van der Waals surface area contributed by atoms with Crippen LogP contribution < -0.4 is 4.74 Å². The number of nitrogens with zero attached hydrogens (tertiary/aromatic N) is 3. The van der Waals surface area contributed by atoms with Crippen molar-refractivity contribution in [1.29, 1.82) is 0 Å². The molecule has 0 amide bonds. The van der Waals surface area contributed by atoms with E-state index in [1.807, 2.05) is 36.4 Å². The number of halogens is 1. The van der Waals surface area contributed by atoms with Gasteiger partial charge in [0.25, 0.3) is 0 Å². The van der Waals surface area contributed by atoms with Crippen molar-refractivity contribution in [3.63, 3.8) is 0 Å². The summed E-state index contributed by atoms with van der Waals surface area (Å²) in [5.74, 6) is 2.45. The Bertz CT molecular complexity index is 851. The van der Waals surface area contributed by atoms with E-state index in [0.29, 0.717) is 24.0 Å². The van der Waals surface area contributed by atoms with Crippen LogP contribution in [-0.2, 0) is 4.74 Å². The highest BCUT2D eigenvalue weighted by Crippen LogP contribution is 2.39. The highest BCUT2D eigenvalue weighted by Gasteiger charge is 2.25. The van der Waals surface area contributed by atoms with E-state index in [-0.39, 0.29) is 6.61 Å². The predicted molar refractivity (Wildman–Crippen MR) is 110 cm³/mol. The highest BCUT2D eigenvalue weighted by atomic mass is 35.5. The molecule has 2 heterocycles. The smallest absolute Gasteiger partial charge is 0.153 e. The van der Waals surface area contributed by atoms with Crippen molar-refractivity contribution < 1.29 is 14.6 Å². The summed E-state index contributed by atoms with van der Waals surface area (Å²) in [5, 5.41) is 9.44. The number of hydrogen-bond acceptors (Lipinski definition) is 6. The van der Waals surface area contributed by atoms with Gasteiger partial charge in [0, 0.05) is 37.7 Å². The van der Waals surface area contributed by atoms with Crippen molar-refractivity contribution in [3.8, 4) is 11.5 Å². The number of hydrogen-bond donors (Lipinski definition) is 1. The lowest BCUT2D eigenvalue weighted by molar-refractivity contribution is 0.0652. The van der Waals surface area contributed by atoms with E-state index >= 15 is 0 Å². The average molecular weight is 402 g/mol. The van der Waals surface area contributed by atoms with Gasteiger partial charge in [0.2, 0.25) is 0 Å². The molecule has 6 nitrogen and oxygen atoms in total. The van der Waals surface area contributed by atoms with Crippen molar-refractivity contribution >= 4 is 23.1 Å². The monoisotopic (exact) mass is 401 g/mol. The Morgan fingerprint density at radius 2 is 1.86 bits per heavy atom. The minimum atomic E-state index is 0.0700. The van der Waals surface area contributed by atoms with Gasteiger partial charge in [0.1, 0.15) is 17.3 Å². The van der Waals surface area contributed by atoms with Crippen molar-refractivity contribution in [2.75, 3.05) is 52.5 Å². The first-order chi connectivity index (χ1) is 13.7. The topological polar surface area (TPSA) is 57.5 Å². The third-order valence-electron chi connectivity index (χ3n) is 4.95. The first-order valence-electron chi connectivity index (χ1n) is 9.56. The average Bonchev–Trinajstić information content (AvgIpc) is 2.88. The maximum Gasteiger partial charge on any atom is 0.153 e. The van der Waals surface area contributed by atoms with Crippen LogP contribution in [0.2, 0.25) is 5.02 Å². The molecule has 0 saturated carbocycles. The number of benzene rings is 2. The number of piperazine rings is 1. The number of rotatable bonds is 5. The van der Waals surface area contributed by atoms with E-state index in [9.17, 15) is 0 Å². The van der Waals surface area contributed by atoms with Crippen LogP contribution in [-0.4, -0.2) is 73.3 Å². The summed E-state index contributed by atoms with van der Waals surface area (Å²) in [4.78, 5) is 9.62. The molecule has 2 aliphatic heterocycles. The van der Waals surface area contributed by atoms with Gasteiger partial charge < -0.3 is 19.5 Å². The second kappa shape index (κ2) is 8.92. The molecule has 0 radical (unpaired) electrons. The standard InChI is InChI=1S/C21H24ClN3O3/c22-16-5-6-20-18(15-16)23-21(17-3-1-2-4-19(17)28-20)25-9-7-24(8-10-25)11-13-27-14-12-26/h1-6,15,26H,7-14H2. The number of ether oxygens (including phenoxy) is 2. The van der Waals surface area contributed by atoms with Crippen molar-refractivity contribution in [1.82, 2.24) is 9.80 Å². The van der Waals surface area contributed by atoms with Crippen LogP contribution in [0.3, 0.4) is 0 Å². The summed E-state index contributed by atoms with van der Waals surface area (Å²) in [5.41, 5.74) is 1.74. The van der Waals surface area contributed by atoms with E-state index in [0.717, 1.165) is 55.6 Å². The first-order valence-corrected chi connectivity index (χ1v) is 9.94. The van der Waals surface area contributed by atoms with Gasteiger partial charge in [-0.1, -0.05) is 23.7 Å². The molecule has 1 N–H and O–H groups in total. The fraction of sp³-hybridized carbons (Fsp3) is 0.381. The zero-order chi connectivity index (χ0) is 19.3. The van der Waals surface area contributed by atoms with E-state index in [1.165, 1.54) is 0 Å². The molecule has 7 heteroatoms. The van der Waals surface area contributed by atoms with E-state index in [2.05, 4.69) is 15.9 Å².